The molecule has 3 aromatic rings. The number of primary amides is 1. The number of halogens is 1. The van der Waals surface area contributed by atoms with E-state index in [9.17, 15) is 4.79 Å². The number of methoxy groups -OCH3 is 1. The highest BCUT2D eigenvalue weighted by Gasteiger charge is 2.12. The molecule has 0 aliphatic heterocycles. The van der Waals surface area contributed by atoms with Crippen molar-refractivity contribution < 1.29 is 9.53 Å². The molecule has 2 heterocycles. The summed E-state index contributed by atoms with van der Waals surface area (Å²) in [5.41, 5.74) is 6.90. The predicted octanol–water partition coefficient (Wildman–Crippen LogP) is 1.82. The van der Waals surface area contributed by atoms with E-state index in [1.54, 1.807) is 12.1 Å². The van der Waals surface area contributed by atoms with Crippen LogP contribution in [0.5, 0.6) is 5.75 Å². The van der Waals surface area contributed by atoms with Crippen molar-refractivity contribution in [2.45, 2.75) is 0 Å². The first-order chi connectivity index (χ1) is 9.58. The minimum absolute atomic E-state index is 0.384. The first kappa shape index (κ1) is 12.5. The van der Waals surface area contributed by atoms with Gasteiger partial charge < -0.3 is 15.5 Å². The summed E-state index contributed by atoms with van der Waals surface area (Å²) in [4.78, 5) is 18.4. The zero-order valence-electron chi connectivity index (χ0n) is 10.3. The number of ether oxygens (including phenoxy) is 1. The van der Waals surface area contributed by atoms with Gasteiger partial charge in [-0.1, -0.05) is 11.6 Å². The molecule has 0 saturated heterocycles. The van der Waals surface area contributed by atoms with Crippen molar-refractivity contribution in [2.24, 2.45) is 5.73 Å². The van der Waals surface area contributed by atoms with Gasteiger partial charge in [0.1, 0.15) is 11.4 Å². The van der Waals surface area contributed by atoms with E-state index in [-0.39, 0.29) is 0 Å². The van der Waals surface area contributed by atoms with E-state index in [0.717, 1.165) is 10.2 Å². The van der Waals surface area contributed by atoms with Gasteiger partial charge in [-0.05, 0) is 6.07 Å². The molecule has 0 saturated carbocycles. The molecule has 3 rings (SSSR count). The fraction of sp³-hybridized carbons (Fsp3) is 0.0833. The predicted molar refractivity (Wildman–Crippen MR) is 72.7 cm³/mol. The molecule has 8 heteroatoms. The Labute approximate surface area is 118 Å². The minimum atomic E-state index is -0.687. The average molecular weight is 291 g/mol. The Balaban J connectivity index is 2.10. The summed E-state index contributed by atoms with van der Waals surface area (Å²) in [6, 6.07) is 5.53. The summed E-state index contributed by atoms with van der Waals surface area (Å²) >= 11 is 6.04. The van der Waals surface area contributed by atoms with E-state index in [1.807, 2.05) is 0 Å². The fourth-order valence-electron chi connectivity index (χ4n) is 1.80. The molecule has 0 bridgehead atoms. The van der Waals surface area contributed by atoms with Crippen molar-refractivity contribution in [3.63, 3.8) is 0 Å². The first-order valence-corrected chi connectivity index (χ1v) is 5.97. The van der Waals surface area contributed by atoms with Crippen LogP contribution in [0.1, 0.15) is 0 Å². The largest absolute Gasteiger partial charge is 0.495 e. The molecule has 0 aliphatic rings. The number of nitrogens with zero attached hydrogens (tertiary/aromatic N) is 3. The maximum atomic E-state index is 11.0. The lowest BCUT2D eigenvalue weighted by atomic mass is 10.3. The van der Waals surface area contributed by atoms with Crippen molar-refractivity contribution in [2.75, 3.05) is 7.11 Å². The molecular weight excluding hydrogens is 282 g/mol. The molecule has 7 nitrogen and oxygen atoms in total. The molecule has 0 spiro atoms. The number of amides is 1. The maximum absolute atomic E-state index is 11.0. The van der Waals surface area contributed by atoms with Gasteiger partial charge in [0.2, 0.25) is 0 Å². The number of carbonyl (C=O) groups is 1. The lowest BCUT2D eigenvalue weighted by Gasteiger charge is -2.00. The molecule has 0 unspecified atom stereocenters. The molecule has 3 N–H and O–H groups in total. The van der Waals surface area contributed by atoms with Crippen LogP contribution in [0.15, 0.2) is 18.3 Å². The van der Waals surface area contributed by atoms with Crippen LogP contribution in [0.3, 0.4) is 0 Å². The summed E-state index contributed by atoms with van der Waals surface area (Å²) < 4.78 is 6.11. The lowest BCUT2D eigenvalue weighted by molar-refractivity contribution is 0.248. The number of hydrogen-bond donors (Lipinski definition) is 2. The van der Waals surface area contributed by atoms with E-state index < -0.39 is 6.03 Å². The number of aromatic amines is 1. The molecule has 0 atom stereocenters. The maximum Gasteiger partial charge on any atom is 0.339 e. The minimum Gasteiger partial charge on any atom is -0.495 e. The number of nitrogens with one attached hydrogen (secondary N) is 1. The van der Waals surface area contributed by atoms with Gasteiger partial charge in [-0.2, -0.15) is 9.78 Å². The van der Waals surface area contributed by atoms with Gasteiger partial charge in [-0.3, -0.25) is 0 Å². The second-order valence-corrected chi connectivity index (χ2v) is 4.40. The Bertz CT molecular complexity index is 807. The zero-order valence-corrected chi connectivity index (χ0v) is 11.1. The Kier molecular flexibility index (Phi) is 2.83. The molecule has 1 amide bonds. The highest BCUT2D eigenvalue weighted by Crippen LogP contribution is 2.30. The molecule has 101 valence electrons. The van der Waals surface area contributed by atoms with E-state index >= 15 is 0 Å². The van der Waals surface area contributed by atoms with Crippen LogP contribution in [-0.2, 0) is 0 Å². The number of imidazole rings is 1. The number of carbonyl (C=O) groups excluding carboxylic acids is 1. The highest BCUT2D eigenvalue weighted by molar-refractivity contribution is 6.32. The van der Waals surface area contributed by atoms with Crippen molar-refractivity contribution in [3.8, 4) is 17.3 Å². The number of aromatic nitrogens is 4. The summed E-state index contributed by atoms with van der Waals surface area (Å²) in [5.74, 6) is 0.994. The van der Waals surface area contributed by atoms with Crippen molar-refractivity contribution in [1.82, 2.24) is 19.7 Å². The topological polar surface area (TPSA) is 98.8 Å². The van der Waals surface area contributed by atoms with E-state index in [2.05, 4.69) is 21.1 Å². The SMILES string of the molecule is COc1cc2nc(-c3[c]cn(C(N)=O)n3)[nH]c2cc1Cl. The van der Waals surface area contributed by atoms with Gasteiger partial charge in [0.15, 0.2) is 5.82 Å². The van der Waals surface area contributed by atoms with Crippen molar-refractivity contribution in [3.05, 3.63) is 29.4 Å². The van der Waals surface area contributed by atoms with Crippen molar-refractivity contribution in [1.29, 1.82) is 0 Å². The summed E-state index contributed by atoms with van der Waals surface area (Å²) in [5, 5.41) is 4.44. The molecule has 1 aromatic carbocycles. The number of rotatable bonds is 2. The quantitative estimate of drug-likeness (QED) is 0.752. The van der Waals surface area contributed by atoms with Gasteiger partial charge in [0.05, 0.1) is 23.2 Å². The average Bonchev–Trinajstić information content (AvgIpc) is 3.03. The summed E-state index contributed by atoms with van der Waals surface area (Å²) in [6.45, 7) is 0. The van der Waals surface area contributed by atoms with Gasteiger partial charge in [0.25, 0.3) is 0 Å². The van der Waals surface area contributed by atoms with Crippen LogP contribution in [-0.4, -0.2) is 32.9 Å². The molecule has 0 fully saturated rings. The fourth-order valence-corrected chi connectivity index (χ4v) is 2.04. The lowest BCUT2D eigenvalue weighted by Crippen LogP contribution is -2.19. The van der Waals surface area contributed by atoms with Crippen LogP contribution < -0.4 is 10.5 Å². The molecule has 1 radical (unpaired) electrons. The van der Waals surface area contributed by atoms with Crippen LogP contribution in [0.2, 0.25) is 5.02 Å². The number of H-pyrrole nitrogens is 1. The Hall–Kier alpha value is -2.54. The van der Waals surface area contributed by atoms with Gasteiger partial charge >= 0.3 is 6.03 Å². The third-order valence-corrected chi connectivity index (χ3v) is 3.03. The molecule has 0 aliphatic carbocycles. The summed E-state index contributed by atoms with van der Waals surface area (Å²) in [6.07, 6.45) is 1.35. The van der Waals surface area contributed by atoms with Crippen molar-refractivity contribution >= 4 is 28.7 Å². The van der Waals surface area contributed by atoms with E-state index in [0.29, 0.717) is 27.8 Å². The number of fused-ring (bicyclic) bond motifs is 1. The summed E-state index contributed by atoms with van der Waals surface area (Å²) in [7, 11) is 1.53. The van der Waals surface area contributed by atoms with Gasteiger partial charge in [-0.25, -0.2) is 9.78 Å². The molecule has 20 heavy (non-hydrogen) atoms. The first-order valence-electron chi connectivity index (χ1n) is 5.59. The standard InChI is InChI=1S/C12H9ClN5O2/c1-20-10-5-9-8(4-6(10)13)15-11(16-9)7-2-3-18(17-7)12(14)19/h3-5H,1H3,(H2,14,19)(H,15,16). The monoisotopic (exact) mass is 290 g/mol. The third kappa shape index (κ3) is 1.97. The highest BCUT2D eigenvalue weighted by atomic mass is 35.5. The van der Waals surface area contributed by atoms with Gasteiger partial charge in [-0.15, -0.1) is 0 Å². The van der Waals surface area contributed by atoms with Crippen LogP contribution in [0.25, 0.3) is 22.6 Å². The zero-order chi connectivity index (χ0) is 14.3. The number of benzene rings is 1. The van der Waals surface area contributed by atoms with Crippen LogP contribution in [0.4, 0.5) is 4.79 Å². The number of hydrogen-bond acceptors (Lipinski definition) is 4. The van der Waals surface area contributed by atoms with Gasteiger partial charge in [0, 0.05) is 18.3 Å². The van der Waals surface area contributed by atoms with Crippen LogP contribution in [0, 0.1) is 6.07 Å². The normalized spacial score (nSPS) is 10.9. The smallest absolute Gasteiger partial charge is 0.339 e. The second kappa shape index (κ2) is 4.53. The third-order valence-electron chi connectivity index (χ3n) is 2.74. The Morgan fingerprint density at radius 1 is 1.55 bits per heavy atom. The van der Waals surface area contributed by atoms with Crippen LogP contribution >= 0.6 is 11.6 Å². The Morgan fingerprint density at radius 2 is 2.35 bits per heavy atom. The molecule has 2 aromatic heterocycles. The van der Waals surface area contributed by atoms with E-state index in [1.165, 1.54) is 13.3 Å². The molecular formula is C12H9ClN5O2. The van der Waals surface area contributed by atoms with E-state index in [4.69, 9.17) is 22.1 Å². The number of nitrogens with two attached hydrogens (primary N) is 1. The second-order valence-electron chi connectivity index (χ2n) is 3.99. The Morgan fingerprint density at radius 3 is 3.00 bits per heavy atom.